The van der Waals surface area contributed by atoms with E-state index in [1.807, 2.05) is 45.9 Å². The lowest BCUT2D eigenvalue weighted by atomic mass is 10.1. The van der Waals surface area contributed by atoms with Crippen molar-refractivity contribution in [1.29, 1.82) is 0 Å². The molecule has 0 aliphatic carbocycles. The van der Waals surface area contributed by atoms with Crippen molar-refractivity contribution >= 4 is 22.8 Å². The number of fused-ring (bicyclic) bond motifs is 1. The molecule has 0 spiro atoms. The number of carbonyl (C=O) groups excluding carboxylic acids is 2. The molecule has 162 valence electrons. The van der Waals surface area contributed by atoms with Gasteiger partial charge in [-0.15, -0.1) is 0 Å². The van der Waals surface area contributed by atoms with Gasteiger partial charge in [-0.05, 0) is 62.6 Å². The van der Waals surface area contributed by atoms with Gasteiger partial charge in [0.2, 0.25) is 0 Å². The van der Waals surface area contributed by atoms with E-state index in [4.69, 9.17) is 13.9 Å². The molecular weight excluding hydrogens is 398 g/mol. The first kappa shape index (κ1) is 22.1. The largest absolute Gasteiger partial charge is 0.482 e. The number of rotatable bonds is 7. The second-order valence-electron chi connectivity index (χ2n) is 7.46. The number of benzene rings is 2. The molecular formula is C24H25NO6. The Bertz CT molecular complexity index is 1180. The first-order valence-electron chi connectivity index (χ1n) is 10.1. The van der Waals surface area contributed by atoms with Crippen molar-refractivity contribution in [2.75, 3.05) is 6.61 Å². The maximum atomic E-state index is 12.3. The van der Waals surface area contributed by atoms with E-state index in [0.29, 0.717) is 11.1 Å². The molecule has 31 heavy (non-hydrogen) atoms. The first-order valence-corrected chi connectivity index (χ1v) is 10.1. The van der Waals surface area contributed by atoms with Gasteiger partial charge in [0, 0.05) is 17.5 Å². The zero-order valence-electron chi connectivity index (χ0n) is 18.0. The van der Waals surface area contributed by atoms with Crippen molar-refractivity contribution in [3.05, 3.63) is 69.6 Å². The predicted molar refractivity (Wildman–Crippen MR) is 117 cm³/mol. The van der Waals surface area contributed by atoms with Gasteiger partial charge in [0.1, 0.15) is 22.6 Å². The van der Waals surface area contributed by atoms with E-state index in [-0.39, 0.29) is 29.5 Å². The van der Waals surface area contributed by atoms with Crippen LogP contribution in [0, 0.1) is 13.8 Å². The topological polar surface area (TPSA) is 94.8 Å². The fourth-order valence-electron chi connectivity index (χ4n) is 2.88. The average molecular weight is 423 g/mol. The highest BCUT2D eigenvalue weighted by Crippen LogP contribution is 2.22. The SMILES string of the molecule is CCC(C)NC(=O)c1cc2ccc(OC(=O)COc3cc(C)ccc3C)cc2oc1=O. The lowest BCUT2D eigenvalue weighted by molar-refractivity contribution is -0.136. The summed E-state index contributed by atoms with van der Waals surface area (Å²) in [5, 5.41) is 3.28. The number of esters is 1. The van der Waals surface area contributed by atoms with E-state index in [0.717, 1.165) is 17.5 Å². The van der Waals surface area contributed by atoms with Crippen LogP contribution in [0.5, 0.6) is 11.5 Å². The highest BCUT2D eigenvalue weighted by molar-refractivity contribution is 5.97. The molecule has 2 aromatic carbocycles. The van der Waals surface area contributed by atoms with E-state index < -0.39 is 17.5 Å². The monoisotopic (exact) mass is 423 g/mol. The number of ether oxygens (including phenoxy) is 2. The second-order valence-corrected chi connectivity index (χ2v) is 7.46. The van der Waals surface area contributed by atoms with Crippen LogP contribution in [0.25, 0.3) is 11.0 Å². The number of aryl methyl sites for hydroxylation is 2. The maximum Gasteiger partial charge on any atom is 0.349 e. The summed E-state index contributed by atoms with van der Waals surface area (Å²) >= 11 is 0. The van der Waals surface area contributed by atoms with E-state index in [2.05, 4.69) is 5.32 Å². The Hall–Kier alpha value is -3.61. The van der Waals surface area contributed by atoms with Gasteiger partial charge in [-0.25, -0.2) is 9.59 Å². The highest BCUT2D eigenvalue weighted by Gasteiger charge is 2.16. The molecule has 1 heterocycles. The Labute approximate surface area is 180 Å². The number of hydrogen-bond acceptors (Lipinski definition) is 6. The summed E-state index contributed by atoms with van der Waals surface area (Å²) in [6.07, 6.45) is 0.743. The molecule has 0 aliphatic rings. The minimum Gasteiger partial charge on any atom is -0.482 e. The van der Waals surface area contributed by atoms with Crippen molar-refractivity contribution in [2.45, 2.75) is 40.2 Å². The Morgan fingerprint density at radius 1 is 1.10 bits per heavy atom. The van der Waals surface area contributed by atoms with Gasteiger partial charge in [-0.3, -0.25) is 4.79 Å². The molecule has 3 aromatic rings. The fourth-order valence-corrected chi connectivity index (χ4v) is 2.88. The van der Waals surface area contributed by atoms with Crippen molar-refractivity contribution in [2.24, 2.45) is 0 Å². The van der Waals surface area contributed by atoms with E-state index in [1.54, 1.807) is 12.1 Å². The minimum absolute atomic E-state index is 0.0600. The van der Waals surface area contributed by atoms with Crippen LogP contribution in [0.15, 0.2) is 51.7 Å². The number of nitrogens with one attached hydrogen (secondary N) is 1. The second kappa shape index (κ2) is 9.47. The number of amides is 1. The molecule has 3 rings (SSSR count). The van der Waals surface area contributed by atoms with Crippen LogP contribution in [0.2, 0.25) is 0 Å². The van der Waals surface area contributed by atoms with Crippen LogP contribution in [0.1, 0.15) is 41.8 Å². The van der Waals surface area contributed by atoms with E-state index in [9.17, 15) is 14.4 Å². The molecule has 1 unspecified atom stereocenters. The third-order valence-corrected chi connectivity index (χ3v) is 4.86. The van der Waals surface area contributed by atoms with Crippen molar-refractivity contribution in [3.63, 3.8) is 0 Å². The highest BCUT2D eigenvalue weighted by atomic mass is 16.6. The third-order valence-electron chi connectivity index (χ3n) is 4.86. The molecule has 0 bridgehead atoms. The standard InChI is InChI=1S/C24H25NO6/c1-5-16(4)25-23(27)19-11-17-8-9-18(12-21(17)31-24(19)28)30-22(26)13-29-20-10-14(2)6-7-15(20)3/h6-12,16H,5,13H2,1-4H3,(H,25,27). The molecule has 0 fully saturated rings. The van der Waals surface area contributed by atoms with E-state index >= 15 is 0 Å². The molecule has 7 heteroatoms. The Morgan fingerprint density at radius 3 is 2.61 bits per heavy atom. The van der Waals surface area contributed by atoms with Gasteiger partial charge >= 0.3 is 11.6 Å². The Kier molecular flexibility index (Phi) is 6.74. The fraction of sp³-hybridized carbons (Fsp3) is 0.292. The van der Waals surface area contributed by atoms with Crippen molar-refractivity contribution in [3.8, 4) is 11.5 Å². The molecule has 0 saturated heterocycles. The molecule has 0 radical (unpaired) electrons. The average Bonchev–Trinajstić information content (AvgIpc) is 2.73. The van der Waals surface area contributed by atoms with Crippen LogP contribution >= 0.6 is 0 Å². The molecule has 1 atom stereocenters. The van der Waals surface area contributed by atoms with Gasteiger partial charge in [0.05, 0.1) is 0 Å². The van der Waals surface area contributed by atoms with Crippen molar-refractivity contribution in [1.82, 2.24) is 5.32 Å². The van der Waals surface area contributed by atoms with Crippen LogP contribution in [-0.4, -0.2) is 24.5 Å². The maximum absolute atomic E-state index is 12.3. The normalized spacial score (nSPS) is 11.7. The lowest BCUT2D eigenvalue weighted by Crippen LogP contribution is -2.34. The van der Waals surface area contributed by atoms with Crippen LogP contribution in [-0.2, 0) is 4.79 Å². The van der Waals surface area contributed by atoms with Gasteiger partial charge in [0.25, 0.3) is 5.91 Å². The zero-order valence-corrected chi connectivity index (χ0v) is 18.0. The van der Waals surface area contributed by atoms with Crippen LogP contribution < -0.4 is 20.4 Å². The first-order chi connectivity index (χ1) is 14.8. The van der Waals surface area contributed by atoms with Gasteiger partial charge < -0.3 is 19.2 Å². The molecule has 1 amide bonds. The quantitative estimate of drug-likeness (QED) is 0.352. The summed E-state index contributed by atoms with van der Waals surface area (Å²) in [4.78, 5) is 36.7. The third kappa shape index (κ3) is 5.51. The zero-order chi connectivity index (χ0) is 22.5. The molecule has 1 N–H and O–H groups in total. The van der Waals surface area contributed by atoms with Crippen molar-refractivity contribution < 1.29 is 23.5 Å². The Morgan fingerprint density at radius 2 is 1.87 bits per heavy atom. The summed E-state index contributed by atoms with van der Waals surface area (Å²) in [6, 6.07) is 11.7. The summed E-state index contributed by atoms with van der Waals surface area (Å²) in [7, 11) is 0. The van der Waals surface area contributed by atoms with Crippen LogP contribution in [0.4, 0.5) is 0 Å². The summed E-state index contributed by atoms with van der Waals surface area (Å²) in [5.74, 6) is -0.247. The Balaban J connectivity index is 1.71. The van der Waals surface area contributed by atoms with Gasteiger partial charge in [-0.2, -0.15) is 0 Å². The molecule has 0 aliphatic heterocycles. The smallest absolute Gasteiger partial charge is 0.349 e. The number of hydrogen-bond donors (Lipinski definition) is 1. The summed E-state index contributed by atoms with van der Waals surface area (Å²) in [5.41, 5.74) is 1.33. The summed E-state index contributed by atoms with van der Waals surface area (Å²) in [6.45, 7) is 7.35. The molecule has 1 aromatic heterocycles. The molecule has 0 saturated carbocycles. The lowest BCUT2D eigenvalue weighted by Gasteiger charge is -2.11. The van der Waals surface area contributed by atoms with Crippen LogP contribution in [0.3, 0.4) is 0 Å². The van der Waals surface area contributed by atoms with E-state index in [1.165, 1.54) is 12.1 Å². The minimum atomic E-state index is -0.755. The molecule has 7 nitrogen and oxygen atoms in total. The predicted octanol–water partition coefficient (Wildman–Crippen LogP) is 3.92. The van der Waals surface area contributed by atoms with Gasteiger partial charge in [0.15, 0.2) is 6.61 Å². The number of carbonyl (C=O) groups is 2. The van der Waals surface area contributed by atoms with Gasteiger partial charge in [-0.1, -0.05) is 19.1 Å². The summed E-state index contributed by atoms with van der Waals surface area (Å²) < 4.78 is 16.1.